The highest BCUT2D eigenvalue weighted by atomic mass is 16.7. The number of fused-ring (bicyclic) bond motifs is 5. The van der Waals surface area contributed by atoms with Gasteiger partial charge in [-0.1, -0.05) is 26.8 Å². The zero-order chi connectivity index (χ0) is 19.1. The molecule has 1 N–H and O–H groups in total. The lowest BCUT2D eigenvalue weighted by atomic mass is 9.44. The number of hydrogen-bond acceptors (Lipinski definition) is 6. The molecule has 0 unspecified atom stereocenters. The van der Waals surface area contributed by atoms with Crippen LogP contribution in [-0.4, -0.2) is 17.8 Å². The highest BCUT2D eigenvalue weighted by Gasteiger charge is 2.79. The third-order valence-corrected chi connectivity index (χ3v) is 7.81. The summed E-state index contributed by atoms with van der Waals surface area (Å²) in [5.74, 6) is -1.42. The van der Waals surface area contributed by atoms with Gasteiger partial charge in [-0.2, -0.15) is 15.8 Å². The second-order valence-corrected chi connectivity index (χ2v) is 8.86. The van der Waals surface area contributed by atoms with Gasteiger partial charge in [-0.05, 0) is 35.7 Å². The third kappa shape index (κ3) is 1.49. The first-order chi connectivity index (χ1) is 12.1. The van der Waals surface area contributed by atoms with E-state index in [9.17, 15) is 15.8 Å². The summed E-state index contributed by atoms with van der Waals surface area (Å²) in [5.41, 5.74) is -2.39. The van der Waals surface area contributed by atoms with Crippen molar-refractivity contribution >= 4 is 5.90 Å². The summed E-state index contributed by atoms with van der Waals surface area (Å²) in [6.45, 7) is 7.79. The monoisotopic (exact) mass is 350 g/mol. The molecule has 6 atom stereocenters. The summed E-state index contributed by atoms with van der Waals surface area (Å²) in [6.07, 6.45) is 3.22. The molecule has 1 saturated carbocycles. The molecule has 0 spiro atoms. The largest absolute Gasteiger partial charge is 0.448 e. The van der Waals surface area contributed by atoms with E-state index in [0.29, 0.717) is 5.92 Å². The fourth-order valence-electron chi connectivity index (χ4n) is 5.66. The highest BCUT2D eigenvalue weighted by molar-refractivity contribution is 5.89. The number of ether oxygens (including phenoxy) is 2. The van der Waals surface area contributed by atoms with Crippen molar-refractivity contribution in [3.05, 3.63) is 11.6 Å². The molecular weight excluding hydrogens is 328 g/mol. The van der Waals surface area contributed by atoms with Crippen LogP contribution in [0.5, 0.6) is 0 Å². The van der Waals surface area contributed by atoms with E-state index in [2.05, 4.69) is 38.1 Å². The maximum Gasteiger partial charge on any atom is 0.215 e. The average Bonchev–Trinajstić information content (AvgIpc) is 2.63. The fourth-order valence-corrected chi connectivity index (χ4v) is 5.66. The molecule has 6 aliphatic rings. The molecule has 6 heteroatoms. The molecule has 3 saturated heterocycles. The average molecular weight is 350 g/mol. The Morgan fingerprint density at radius 3 is 2.31 bits per heavy atom. The second-order valence-electron chi connectivity index (χ2n) is 8.86. The molecule has 0 radical (unpaired) electrons. The van der Waals surface area contributed by atoms with E-state index in [0.717, 1.165) is 18.4 Å². The zero-order valence-electron chi connectivity index (χ0n) is 15.5. The van der Waals surface area contributed by atoms with Crippen molar-refractivity contribution in [2.24, 2.45) is 34.0 Å². The van der Waals surface area contributed by atoms with Gasteiger partial charge in [0.25, 0.3) is 0 Å². The van der Waals surface area contributed by atoms with Crippen LogP contribution in [0.15, 0.2) is 11.6 Å². The standard InChI is InChI=1S/C20H22N4O2/c1-11-18(4)25-15(13-6-5-12-7-14(13)17(12,2)3)20(10-23,16(24)26-18)19(11,8-21)9-22/h6,11-12,14-15,24H,5,7H2,1-4H3/t11-,12+,14-,15-,18-,20-/m1/s1. The Hall–Kier alpha value is -2.36. The molecular formula is C20H22N4O2. The van der Waals surface area contributed by atoms with Crippen LogP contribution in [0, 0.1) is 73.4 Å². The minimum Gasteiger partial charge on any atom is -0.448 e. The van der Waals surface area contributed by atoms with Crippen molar-refractivity contribution in [1.82, 2.24) is 0 Å². The van der Waals surface area contributed by atoms with Crippen molar-refractivity contribution in [2.75, 3.05) is 0 Å². The van der Waals surface area contributed by atoms with E-state index in [1.807, 2.05) is 0 Å². The summed E-state index contributed by atoms with van der Waals surface area (Å²) in [4.78, 5) is 0. The van der Waals surface area contributed by atoms with Crippen molar-refractivity contribution in [3.8, 4) is 18.2 Å². The van der Waals surface area contributed by atoms with Crippen LogP contribution < -0.4 is 0 Å². The SMILES string of the molecule is C[C@H]1C(C#N)(C#N)[C@@]2(C#N)C(=N)O[C@@]1(C)O[C@@H]2C1=CC[C@H]2C[C@H]1C2(C)C. The molecule has 6 nitrogen and oxygen atoms in total. The number of nitrogens with one attached hydrogen (secondary N) is 1. The van der Waals surface area contributed by atoms with Gasteiger partial charge in [0.05, 0.1) is 24.1 Å². The van der Waals surface area contributed by atoms with Crippen LogP contribution in [0.25, 0.3) is 0 Å². The van der Waals surface area contributed by atoms with E-state index >= 15 is 0 Å². The Bertz CT molecular complexity index is 856. The summed E-state index contributed by atoms with van der Waals surface area (Å²) in [7, 11) is 0. The van der Waals surface area contributed by atoms with Gasteiger partial charge in [-0.15, -0.1) is 0 Å². The molecule has 134 valence electrons. The van der Waals surface area contributed by atoms with Gasteiger partial charge in [0.1, 0.15) is 6.10 Å². The minimum absolute atomic E-state index is 0.0955. The molecule has 4 fully saturated rings. The summed E-state index contributed by atoms with van der Waals surface area (Å²) in [6, 6.07) is 6.35. The lowest BCUT2D eigenvalue weighted by Gasteiger charge is -2.64. The number of rotatable bonds is 1. The second kappa shape index (κ2) is 4.67. The maximum atomic E-state index is 10.2. The molecule has 6 rings (SSSR count). The molecule has 0 aromatic carbocycles. The van der Waals surface area contributed by atoms with Crippen molar-refractivity contribution < 1.29 is 9.47 Å². The highest BCUT2D eigenvalue weighted by Crippen LogP contribution is 2.67. The zero-order valence-corrected chi connectivity index (χ0v) is 15.5. The van der Waals surface area contributed by atoms with Crippen molar-refractivity contribution in [1.29, 1.82) is 21.2 Å². The van der Waals surface area contributed by atoms with Gasteiger partial charge in [0, 0.05) is 6.92 Å². The van der Waals surface area contributed by atoms with Gasteiger partial charge in [-0.3, -0.25) is 5.41 Å². The van der Waals surface area contributed by atoms with Crippen LogP contribution in [0.2, 0.25) is 0 Å². The Morgan fingerprint density at radius 2 is 1.81 bits per heavy atom. The van der Waals surface area contributed by atoms with Crippen LogP contribution in [-0.2, 0) is 9.47 Å². The summed E-state index contributed by atoms with van der Waals surface area (Å²) >= 11 is 0. The first-order valence-electron chi connectivity index (χ1n) is 9.04. The quantitative estimate of drug-likeness (QED) is 0.729. The van der Waals surface area contributed by atoms with Crippen LogP contribution >= 0.6 is 0 Å². The topological polar surface area (TPSA) is 114 Å². The first-order valence-corrected chi connectivity index (χ1v) is 9.04. The number of nitriles is 3. The molecule has 3 aliphatic carbocycles. The Balaban J connectivity index is 1.94. The van der Waals surface area contributed by atoms with Gasteiger partial charge in [0.15, 0.2) is 10.8 Å². The Morgan fingerprint density at radius 1 is 1.15 bits per heavy atom. The van der Waals surface area contributed by atoms with E-state index in [1.54, 1.807) is 13.8 Å². The van der Waals surface area contributed by atoms with Gasteiger partial charge in [0.2, 0.25) is 11.7 Å². The molecule has 0 aromatic rings. The number of nitrogens with zero attached hydrogens (tertiary/aromatic N) is 3. The van der Waals surface area contributed by atoms with E-state index in [4.69, 9.17) is 14.9 Å². The first kappa shape index (κ1) is 17.1. The molecule has 0 aromatic heterocycles. The predicted molar refractivity (Wildman–Crippen MR) is 91.0 cm³/mol. The molecule has 3 heterocycles. The fraction of sp³-hybridized carbons (Fsp3) is 0.700. The molecule has 3 aliphatic heterocycles. The van der Waals surface area contributed by atoms with E-state index in [1.165, 1.54) is 0 Å². The summed E-state index contributed by atoms with van der Waals surface area (Å²) < 4.78 is 11.9. The normalized spacial score (nSPS) is 46.7. The smallest absolute Gasteiger partial charge is 0.215 e. The Kier molecular flexibility index (Phi) is 3.07. The number of hydrogen-bond donors (Lipinski definition) is 1. The van der Waals surface area contributed by atoms with Gasteiger partial charge < -0.3 is 9.47 Å². The molecule has 4 bridgehead atoms. The van der Waals surface area contributed by atoms with Gasteiger partial charge >= 0.3 is 0 Å². The van der Waals surface area contributed by atoms with E-state index < -0.39 is 28.6 Å². The third-order valence-electron chi connectivity index (χ3n) is 7.81. The minimum atomic E-state index is -1.75. The van der Waals surface area contributed by atoms with Crippen molar-refractivity contribution in [3.63, 3.8) is 0 Å². The lowest BCUT2D eigenvalue weighted by Crippen LogP contribution is -2.75. The van der Waals surface area contributed by atoms with Crippen LogP contribution in [0.3, 0.4) is 0 Å². The molecule has 26 heavy (non-hydrogen) atoms. The molecule has 0 amide bonds. The van der Waals surface area contributed by atoms with Crippen LogP contribution in [0.4, 0.5) is 0 Å². The van der Waals surface area contributed by atoms with Gasteiger partial charge in [-0.25, -0.2) is 0 Å². The van der Waals surface area contributed by atoms with Crippen LogP contribution in [0.1, 0.15) is 40.5 Å². The predicted octanol–water partition coefficient (Wildman–Crippen LogP) is 3.28. The Labute approximate surface area is 153 Å². The lowest BCUT2D eigenvalue weighted by molar-refractivity contribution is -0.329. The number of allylic oxidation sites excluding steroid dienone is 1. The van der Waals surface area contributed by atoms with E-state index in [-0.39, 0.29) is 17.2 Å². The maximum absolute atomic E-state index is 10.2. The van der Waals surface area contributed by atoms with Crippen molar-refractivity contribution in [2.45, 2.75) is 52.4 Å². The summed E-state index contributed by atoms with van der Waals surface area (Å²) in [5, 5.41) is 38.7.